The highest BCUT2D eigenvalue weighted by Gasteiger charge is 2.36. The van der Waals surface area contributed by atoms with E-state index in [4.69, 9.17) is 9.15 Å². The Kier molecular flexibility index (Phi) is 5.68. The van der Waals surface area contributed by atoms with Gasteiger partial charge in [-0.2, -0.15) is 0 Å². The smallest absolute Gasteiger partial charge is 0.287 e. The van der Waals surface area contributed by atoms with Crippen molar-refractivity contribution in [3.63, 3.8) is 0 Å². The van der Waals surface area contributed by atoms with Gasteiger partial charge in [-0.1, -0.05) is 62.4 Å². The number of amides is 1. The van der Waals surface area contributed by atoms with Gasteiger partial charge >= 0.3 is 0 Å². The predicted octanol–water partition coefficient (Wildman–Crippen LogP) is 5.22. The SMILES string of the molecule is Cc1c(C(=O)NCCOc2ccccc2-c2ccccc2)oc2c1C(=O)CC(C)(C)C2. The van der Waals surface area contributed by atoms with Crippen molar-refractivity contribution in [3.8, 4) is 16.9 Å². The van der Waals surface area contributed by atoms with Crippen LogP contribution in [0.2, 0.25) is 0 Å². The molecule has 4 rings (SSSR count). The molecule has 0 saturated heterocycles. The lowest BCUT2D eigenvalue weighted by molar-refractivity contribution is 0.0887. The molecule has 0 radical (unpaired) electrons. The minimum absolute atomic E-state index is 0.0485. The van der Waals surface area contributed by atoms with E-state index in [-0.39, 0.29) is 22.9 Å². The molecule has 1 amide bonds. The fraction of sp³-hybridized carbons (Fsp3) is 0.308. The number of hydrogen-bond donors (Lipinski definition) is 1. The molecule has 1 aliphatic carbocycles. The maximum absolute atomic E-state index is 12.7. The van der Waals surface area contributed by atoms with Crippen LogP contribution in [0.4, 0.5) is 0 Å². The molecule has 0 bridgehead atoms. The highest BCUT2D eigenvalue weighted by molar-refractivity contribution is 6.03. The van der Waals surface area contributed by atoms with E-state index >= 15 is 0 Å². The molecule has 3 aromatic rings. The van der Waals surface area contributed by atoms with Gasteiger partial charge in [-0.25, -0.2) is 0 Å². The first-order valence-electron chi connectivity index (χ1n) is 10.6. The Labute approximate surface area is 182 Å². The van der Waals surface area contributed by atoms with Crippen LogP contribution in [-0.4, -0.2) is 24.8 Å². The van der Waals surface area contributed by atoms with Crippen LogP contribution in [0.25, 0.3) is 11.1 Å². The lowest BCUT2D eigenvalue weighted by Gasteiger charge is -2.27. The average Bonchev–Trinajstić information content (AvgIpc) is 3.07. The highest BCUT2D eigenvalue weighted by Crippen LogP contribution is 2.38. The number of nitrogens with one attached hydrogen (secondary N) is 1. The van der Waals surface area contributed by atoms with Gasteiger partial charge in [0.05, 0.1) is 12.1 Å². The molecule has 1 heterocycles. The van der Waals surface area contributed by atoms with Gasteiger partial charge in [-0.3, -0.25) is 9.59 Å². The first-order chi connectivity index (χ1) is 14.9. The maximum Gasteiger partial charge on any atom is 0.287 e. The maximum atomic E-state index is 12.7. The van der Waals surface area contributed by atoms with Gasteiger partial charge in [0, 0.05) is 24.0 Å². The summed E-state index contributed by atoms with van der Waals surface area (Å²) in [6, 6.07) is 17.9. The van der Waals surface area contributed by atoms with Gasteiger partial charge in [-0.15, -0.1) is 0 Å². The fourth-order valence-corrected chi connectivity index (χ4v) is 4.15. The third-order valence-electron chi connectivity index (χ3n) is 5.60. The van der Waals surface area contributed by atoms with Crippen molar-refractivity contribution in [2.45, 2.75) is 33.6 Å². The van der Waals surface area contributed by atoms with Crippen LogP contribution in [0.5, 0.6) is 5.75 Å². The number of hydrogen-bond acceptors (Lipinski definition) is 4. The number of benzene rings is 2. The summed E-state index contributed by atoms with van der Waals surface area (Å²) in [5.41, 5.74) is 3.14. The van der Waals surface area contributed by atoms with E-state index < -0.39 is 0 Å². The zero-order valence-corrected chi connectivity index (χ0v) is 18.2. The van der Waals surface area contributed by atoms with Crippen LogP contribution in [0.3, 0.4) is 0 Å². The summed E-state index contributed by atoms with van der Waals surface area (Å²) < 4.78 is 11.8. The molecule has 2 aromatic carbocycles. The van der Waals surface area contributed by atoms with Crippen LogP contribution in [0.15, 0.2) is 59.0 Å². The van der Waals surface area contributed by atoms with Crippen molar-refractivity contribution in [2.75, 3.05) is 13.2 Å². The number of rotatable bonds is 6. The van der Waals surface area contributed by atoms with E-state index in [0.29, 0.717) is 42.9 Å². The van der Waals surface area contributed by atoms with Gasteiger partial charge in [0.25, 0.3) is 5.91 Å². The largest absolute Gasteiger partial charge is 0.491 e. The molecule has 1 aliphatic rings. The molecule has 1 N–H and O–H groups in total. The zero-order valence-electron chi connectivity index (χ0n) is 18.2. The number of Topliss-reactive ketones (excluding diaryl/α,β-unsaturated/α-hetero) is 1. The van der Waals surface area contributed by atoms with Crippen LogP contribution >= 0.6 is 0 Å². The second-order valence-corrected chi connectivity index (χ2v) is 8.76. The third kappa shape index (κ3) is 4.41. The minimum Gasteiger partial charge on any atom is -0.491 e. The van der Waals surface area contributed by atoms with Gasteiger partial charge in [-0.05, 0) is 24.0 Å². The molecule has 0 saturated carbocycles. The van der Waals surface area contributed by atoms with Crippen molar-refractivity contribution in [2.24, 2.45) is 5.41 Å². The first kappa shape index (κ1) is 20.9. The summed E-state index contributed by atoms with van der Waals surface area (Å²) in [5.74, 6) is 1.34. The van der Waals surface area contributed by atoms with Crippen molar-refractivity contribution < 1.29 is 18.7 Å². The summed E-state index contributed by atoms with van der Waals surface area (Å²) in [5, 5.41) is 2.84. The molecule has 0 atom stereocenters. The molecule has 1 aromatic heterocycles. The van der Waals surface area contributed by atoms with Crippen molar-refractivity contribution in [1.82, 2.24) is 5.32 Å². The summed E-state index contributed by atoms with van der Waals surface area (Å²) in [7, 11) is 0. The van der Waals surface area contributed by atoms with Crippen molar-refractivity contribution in [3.05, 3.63) is 77.2 Å². The van der Waals surface area contributed by atoms with E-state index in [1.54, 1.807) is 6.92 Å². The fourth-order valence-electron chi connectivity index (χ4n) is 4.15. The first-order valence-corrected chi connectivity index (χ1v) is 10.6. The van der Waals surface area contributed by atoms with Gasteiger partial charge in [0.2, 0.25) is 0 Å². The van der Waals surface area contributed by atoms with Gasteiger partial charge < -0.3 is 14.5 Å². The van der Waals surface area contributed by atoms with E-state index in [1.165, 1.54) is 0 Å². The summed E-state index contributed by atoms with van der Waals surface area (Å²) in [4.78, 5) is 25.2. The minimum atomic E-state index is -0.322. The van der Waals surface area contributed by atoms with E-state index in [9.17, 15) is 9.59 Å². The summed E-state index contributed by atoms with van der Waals surface area (Å²) >= 11 is 0. The van der Waals surface area contributed by atoms with Crippen LogP contribution < -0.4 is 10.1 Å². The molecule has 0 fully saturated rings. The number of furan rings is 1. The Morgan fingerprint density at radius 1 is 1.06 bits per heavy atom. The Morgan fingerprint density at radius 3 is 2.55 bits per heavy atom. The van der Waals surface area contributed by atoms with Gasteiger partial charge in [0.15, 0.2) is 11.5 Å². The molecule has 5 heteroatoms. The molecular formula is C26H27NO4. The monoisotopic (exact) mass is 417 g/mol. The number of fused-ring (bicyclic) bond motifs is 1. The number of ether oxygens (including phenoxy) is 1. The highest BCUT2D eigenvalue weighted by atomic mass is 16.5. The Balaban J connectivity index is 1.39. The summed E-state index contributed by atoms with van der Waals surface area (Å²) in [6.07, 6.45) is 1.12. The van der Waals surface area contributed by atoms with Gasteiger partial charge in [0.1, 0.15) is 18.1 Å². The normalized spacial score (nSPS) is 14.7. The standard InChI is InChI=1S/C26H27NO4/c1-17-23-20(28)15-26(2,3)16-22(23)31-24(17)25(29)27-13-14-30-21-12-8-7-11-19(21)18-9-5-4-6-10-18/h4-12H,13-16H2,1-3H3,(H,27,29). The van der Waals surface area contributed by atoms with E-state index in [0.717, 1.165) is 16.9 Å². The zero-order chi connectivity index (χ0) is 22.0. The Hall–Kier alpha value is -3.34. The third-order valence-corrected chi connectivity index (χ3v) is 5.60. The number of ketones is 1. The van der Waals surface area contributed by atoms with Crippen LogP contribution in [0, 0.1) is 12.3 Å². The number of carbonyl (C=O) groups is 2. The Morgan fingerprint density at radius 2 is 1.77 bits per heavy atom. The Bertz CT molecular complexity index is 1110. The summed E-state index contributed by atoms with van der Waals surface area (Å²) in [6.45, 7) is 6.50. The topological polar surface area (TPSA) is 68.5 Å². The molecular weight excluding hydrogens is 390 g/mol. The molecule has 0 spiro atoms. The molecule has 0 aliphatic heterocycles. The second-order valence-electron chi connectivity index (χ2n) is 8.76. The number of carbonyl (C=O) groups excluding carboxylic acids is 2. The predicted molar refractivity (Wildman–Crippen MR) is 120 cm³/mol. The van der Waals surface area contributed by atoms with Crippen molar-refractivity contribution in [1.29, 1.82) is 0 Å². The second kappa shape index (κ2) is 8.42. The number of para-hydroxylation sites is 1. The van der Waals surface area contributed by atoms with Crippen molar-refractivity contribution >= 4 is 11.7 Å². The molecule has 0 unspecified atom stereocenters. The van der Waals surface area contributed by atoms with Crippen LogP contribution in [0.1, 0.15) is 52.5 Å². The molecule has 31 heavy (non-hydrogen) atoms. The van der Waals surface area contributed by atoms with E-state index in [2.05, 4.69) is 5.32 Å². The molecule has 160 valence electrons. The van der Waals surface area contributed by atoms with E-state index in [1.807, 2.05) is 68.4 Å². The quantitative estimate of drug-likeness (QED) is 0.559. The lowest BCUT2D eigenvalue weighted by Crippen LogP contribution is -2.28. The van der Waals surface area contributed by atoms with Crippen LogP contribution in [-0.2, 0) is 6.42 Å². The lowest BCUT2D eigenvalue weighted by atomic mass is 9.76. The average molecular weight is 418 g/mol. The molecule has 5 nitrogen and oxygen atoms in total.